The second-order valence-electron chi connectivity index (χ2n) is 4.36. The number of phenolic OH excluding ortho intramolecular Hbond substituents is 1. The molecule has 1 fully saturated rings. The molecule has 1 saturated carbocycles. The van der Waals surface area contributed by atoms with Gasteiger partial charge in [0.25, 0.3) is 0 Å². The zero-order chi connectivity index (χ0) is 10.9. The molecule has 1 aliphatic rings. The van der Waals surface area contributed by atoms with Gasteiger partial charge in [-0.3, -0.25) is 0 Å². The number of aromatic hydroxyl groups is 1. The number of phenols is 1. The van der Waals surface area contributed by atoms with Gasteiger partial charge in [0.2, 0.25) is 0 Å². The molecule has 15 heavy (non-hydrogen) atoms. The molecule has 0 unspecified atom stereocenters. The summed E-state index contributed by atoms with van der Waals surface area (Å²) >= 11 is 3.42. The highest BCUT2D eigenvalue weighted by atomic mass is 79.9. The summed E-state index contributed by atoms with van der Waals surface area (Å²) in [6.45, 7) is 0. The van der Waals surface area contributed by atoms with Gasteiger partial charge < -0.3 is 10.8 Å². The van der Waals surface area contributed by atoms with Gasteiger partial charge in [0.1, 0.15) is 5.75 Å². The number of rotatable bonds is 1. The quantitative estimate of drug-likeness (QED) is 0.822. The monoisotopic (exact) mass is 269 g/mol. The van der Waals surface area contributed by atoms with Crippen LogP contribution in [0.5, 0.6) is 5.75 Å². The summed E-state index contributed by atoms with van der Waals surface area (Å²) in [5.74, 6) is 0.280. The Balaban J connectivity index is 2.39. The van der Waals surface area contributed by atoms with Gasteiger partial charge in [0, 0.05) is 5.54 Å². The third kappa shape index (κ3) is 2.04. The van der Waals surface area contributed by atoms with Crippen LogP contribution in [0, 0.1) is 0 Å². The van der Waals surface area contributed by atoms with Crippen molar-refractivity contribution >= 4 is 15.9 Å². The zero-order valence-corrected chi connectivity index (χ0v) is 10.3. The van der Waals surface area contributed by atoms with Crippen molar-refractivity contribution in [3.05, 3.63) is 28.2 Å². The molecule has 0 heterocycles. The minimum atomic E-state index is -0.254. The molecule has 0 spiro atoms. The Bertz CT molecular complexity index is 359. The minimum absolute atomic E-state index is 0.254. The largest absolute Gasteiger partial charge is 0.507 e. The fourth-order valence-corrected chi connectivity index (χ4v) is 3.02. The van der Waals surface area contributed by atoms with E-state index in [2.05, 4.69) is 15.9 Å². The van der Waals surface area contributed by atoms with Crippen molar-refractivity contribution in [2.45, 2.75) is 37.6 Å². The van der Waals surface area contributed by atoms with Crippen molar-refractivity contribution in [1.29, 1.82) is 0 Å². The van der Waals surface area contributed by atoms with E-state index >= 15 is 0 Å². The molecule has 0 saturated heterocycles. The van der Waals surface area contributed by atoms with Gasteiger partial charge in [-0.2, -0.15) is 0 Å². The first-order chi connectivity index (χ1) is 7.13. The number of nitrogens with two attached hydrogens (primary N) is 1. The van der Waals surface area contributed by atoms with E-state index in [1.807, 2.05) is 12.1 Å². The summed E-state index contributed by atoms with van der Waals surface area (Å²) in [7, 11) is 0. The van der Waals surface area contributed by atoms with Crippen LogP contribution in [0.1, 0.15) is 37.7 Å². The van der Waals surface area contributed by atoms with Crippen molar-refractivity contribution in [3.8, 4) is 5.75 Å². The molecule has 82 valence electrons. The van der Waals surface area contributed by atoms with E-state index in [1.165, 1.54) is 19.3 Å². The number of halogens is 1. The molecule has 3 heteroatoms. The average molecular weight is 270 g/mol. The van der Waals surface area contributed by atoms with E-state index in [0.717, 1.165) is 22.9 Å². The molecule has 2 rings (SSSR count). The second kappa shape index (κ2) is 4.14. The lowest BCUT2D eigenvalue weighted by Gasteiger charge is -2.34. The van der Waals surface area contributed by atoms with Crippen LogP contribution in [-0.4, -0.2) is 5.11 Å². The highest BCUT2D eigenvalue weighted by Gasteiger charge is 2.31. The molecule has 0 aliphatic heterocycles. The Hall–Kier alpha value is -0.540. The van der Waals surface area contributed by atoms with E-state index in [9.17, 15) is 5.11 Å². The standard InChI is InChI=1S/C12H16BrNO/c13-11-9(5-4-6-10(11)15)12(14)7-2-1-3-8-12/h4-6,15H,1-3,7-8,14H2. The lowest BCUT2D eigenvalue weighted by atomic mass is 9.77. The maximum absolute atomic E-state index is 9.64. The second-order valence-corrected chi connectivity index (χ2v) is 5.15. The molecular formula is C12H16BrNO. The van der Waals surface area contributed by atoms with Gasteiger partial charge in [-0.25, -0.2) is 0 Å². The SMILES string of the molecule is NC1(c2cccc(O)c2Br)CCCCC1. The Morgan fingerprint density at radius 3 is 2.53 bits per heavy atom. The topological polar surface area (TPSA) is 46.2 Å². The van der Waals surface area contributed by atoms with Gasteiger partial charge in [0.05, 0.1) is 4.47 Å². The Labute approximate surface area is 98.6 Å². The van der Waals surface area contributed by atoms with Gasteiger partial charge in [-0.1, -0.05) is 31.4 Å². The molecule has 0 aromatic heterocycles. The number of benzene rings is 1. The van der Waals surface area contributed by atoms with Gasteiger partial charge >= 0.3 is 0 Å². The first-order valence-electron chi connectivity index (χ1n) is 5.40. The maximum atomic E-state index is 9.64. The van der Waals surface area contributed by atoms with Crippen LogP contribution in [0.4, 0.5) is 0 Å². The lowest BCUT2D eigenvalue weighted by molar-refractivity contribution is 0.300. The number of hydrogen-bond acceptors (Lipinski definition) is 2. The fraction of sp³-hybridized carbons (Fsp3) is 0.500. The Morgan fingerprint density at radius 1 is 1.20 bits per heavy atom. The first-order valence-corrected chi connectivity index (χ1v) is 6.20. The summed E-state index contributed by atoms with van der Waals surface area (Å²) < 4.78 is 0.759. The molecule has 1 aromatic carbocycles. The molecule has 1 aromatic rings. The van der Waals surface area contributed by atoms with Crippen LogP contribution >= 0.6 is 15.9 Å². The smallest absolute Gasteiger partial charge is 0.130 e. The molecule has 0 bridgehead atoms. The molecule has 0 radical (unpaired) electrons. The van der Waals surface area contributed by atoms with E-state index in [-0.39, 0.29) is 11.3 Å². The normalized spacial score (nSPS) is 20.1. The van der Waals surface area contributed by atoms with Crippen LogP contribution in [0.3, 0.4) is 0 Å². The van der Waals surface area contributed by atoms with E-state index in [1.54, 1.807) is 6.07 Å². The Kier molecular flexibility index (Phi) is 3.03. The van der Waals surface area contributed by atoms with Crippen molar-refractivity contribution in [2.75, 3.05) is 0 Å². The lowest BCUT2D eigenvalue weighted by Crippen LogP contribution is -2.38. The van der Waals surface area contributed by atoms with Crippen LogP contribution in [0.2, 0.25) is 0 Å². The van der Waals surface area contributed by atoms with Gasteiger partial charge in [0.15, 0.2) is 0 Å². The summed E-state index contributed by atoms with van der Waals surface area (Å²) in [5, 5.41) is 9.64. The summed E-state index contributed by atoms with van der Waals surface area (Å²) in [5.41, 5.74) is 7.20. The Morgan fingerprint density at radius 2 is 1.87 bits per heavy atom. The molecule has 3 N–H and O–H groups in total. The van der Waals surface area contributed by atoms with Crippen LogP contribution in [0.25, 0.3) is 0 Å². The highest BCUT2D eigenvalue weighted by molar-refractivity contribution is 9.10. The average Bonchev–Trinajstić information content (AvgIpc) is 2.23. The van der Waals surface area contributed by atoms with Crippen molar-refractivity contribution < 1.29 is 5.11 Å². The zero-order valence-electron chi connectivity index (χ0n) is 8.67. The molecule has 2 nitrogen and oxygen atoms in total. The summed E-state index contributed by atoms with van der Waals surface area (Å²) in [6.07, 6.45) is 5.65. The molecule has 0 atom stereocenters. The maximum Gasteiger partial charge on any atom is 0.130 e. The first kappa shape index (κ1) is 11.0. The van der Waals surface area contributed by atoms with E-state index < -0.39 is 0 Å². The van der Waals surface area contributed by atoms with Crippen LogP contribution < -0.4 is 5.73 Å². The highest BCUT2D eigenvalue weighted by Crippen LogP contribution is 2.40. The molecule has 1 aliphatic carbocycles. The third-order valence-electron chi connectivity index (χ3n) is 3.26. The van der Waals surface area contributed by atoms with Crippen molar-refractivity contribution in [2.24, 2.45) is 5.73 Å². The molecular weight excluding hydrogens is 254 g/mol. The third-order valence-corrected chi connectivity index (χ3v) is 4.09. The molecule has 0 amide bonds. The fourth-order valence-electron chi connectivity index (χ4n) is 2.36. The summed E-state index contributed by atoms with van der Waals surface area (Å²) in [6, 6.07) is 5.55. The van der Waals surface area contributed by atoms with Gasteiger partial charge in [-0.05, 0) is 40.4 Å². The van der Waals surface area contributed by atoms with Crippen molar-refractivity contribution in [3.63, 3.8) is 0 Å². The van der Waals surface area contributed by atoms with Crippen molar-refractivity contribution in [1.82, 2.24) is 0 Å². The van der Waals surface area contributed by atoms with Crippen LogP contribution in [-0.2, 0) is 5.54 Å². The van der Waals surface area contributed by atoms with E-state index in [0.29, 0.717) is 0 Å². The van der Waals surface area contributed by atoms with Crippen LogP contribution in [0.15, 0.2) is 22.7 Å². The minimum Gasteiger partial charge on any atom is -0.507 e. The van der Waals surface area contributed by atoms with E-state index in [4.69, 9.17) is 5.73 Å². The predicted octanol–water partition coefficient (Wildman–Crippen LogP) is 3.27. The predicted molar refractivity (Wildman–Crippen MR) is 64.8 cm³/mol. The number of hydrogen-bond donors (Lipinski definition) is 2. The van der Waals surface area contributed by atoms with Gasteiger partial charge in [-0.15, -0.1) is 0 Å². The summed E-state index contributed by atoms with van der Waals surface area (Å²) in [4.78, 5) is 0.